The van der Waals surface area contributed by atoms with Crippen molar-refractivity contribution in [2.45, 2.75) is 32.7 Å². The Balaban J connectivity index is 0.00000162. The topological polar surface area (TPSA) is 35.6 Å². The van der Waals surface area contributed by atoms with Crippen molar-refractivity contribution < 1.29 is 4.79 Å². The van der Waals surface area contributed by atoms with E-state index in [1.165, 1.54) is 12.8 Å². The van der Waals surface area contributed by atoms with E-state index in [-0.39, 0.29) is 12.4 Å². The smallest absolute Gasteiger partial charge is 0.236 e. The van der Waals surface area contributed by atoms with E-state index < -0.39 is 0 Å². The summed E-state index contributed by atoms with van der Waals surface area (Å²) in [6.45, 7) is 9.97. The molecule has 2 saturated heterocycles. The van der Waals surface area contributed by atoms with Crippen molar-refractivity contribution in [1.29, 1.82) is 0 Å². The molecule has 0 aromatic heterocycles. The fourth-order valence-corrected chi connectivity index (χ4v) is 2.81. The van der Waals surface area contributed by atoms with Crippen molar-refractivity contribution >= 4 is 18.3 Å². The summed E-state index contributed by atoms with van der Waals surface area (Å²) in [6, 6.07) is 0.481. The minimum atomic E-state index is 0. The van der Waals surface area contributed by atoms with Crippen molar-refractivity contribution in [3.63, 3.8) is 0 Å². The standard InChI is InChI=1S/C13H25N3O.ClH/c1-11-4-3-6-16(9-11)13(17)10-15-7-5-14-8-12(15)2;/h11-12,14H,3-10H2,1-2H3;1H/t11?,12-;/m1./s1. The van der Waals surface area contributed by atoms with Crippen LogP contribution in [0.15, 0.2) is 0 Å². The molecule has 5 heteroatoms. The number of halogens is 1. The van der Waals surface area contributed by atoms with Crippen LogP contribution in [0.3, 0.4) is 0 Å². The number of amides is 1. The van der Waals surface area contributed by atoms with Crippen molar-refractivity contribution in [1.82, 2.24) is 15.1 Å². The lowest BCUT2D eigenvalue weighted by molar-refractivity contribution is -0.134. The molecule has 18 heavy (non-hydrogen) atoms. The van der Waals surface area contributed by atoms with Gasteiger partial charge in [-0.3, -0.25) is 9.69 Å². The van der Waals surface area contributed by atoms with Gasteiger partial charge in [-0.1, -0.05) is 6.92 Å². The summed E-state index contributed by atoms with van der Waals surface area (Å²) in [4.78, 5) is 16.6. The molecule has 1 unspecified atom stereocenters. The monoisotopic (exact) mass is 275 g/mol. The third-order valence-electron chi connectivity index (χ3n) is 3.99. The number of nitrogens with one attached hydrogen (secondary N) is 1. The van der Waals surface area contributed by atoms with E-state index in [2.05, 4.69) is 29.0 Å². The lowest BCUT2D eigenvalue weighted by Gasteiger charge is -2.36. The van der Waals surface area contributed by atoms with Gasteiger partial charge in [0.25, 0.3) is 0 Å². The number of piperazine rings is 1. The molecule has 0 radical (unpaired) electrons. The van der Waals surface area contributed by atoms with Crippen LogP contribution >= 0.6 is 12.4 Å². The number of hydrogen-bond donors (Lipinski definition) is 1. The summed E-state index contributed by atoms with van der Waals surface area (Å²) >= 11 is 0. The SMILES string of the molecule is CC1CCCN(C(=O)CN2CCNC[C@H]2C)C1.Cl. The second-order valence-electron chi connectivity index (χ2n) is 5.61. The van der Waals surface area contributed by atoms with Crippen molar-refractivity contribution in [3.05, 3.63) is 0 Å². The molecule has 0 aromatic carbocycles. The molecular formula is C13H26ClN3O. The Labute approximate surface area is 116 Å². The second kappa shape index (κ2) is 7.31. The molecule has 2 aliphatic rings. The van der Waals surface area contributed by atoms with E-state index in [4.69, 9.17) is 0 Å². The van der Waals surface area contributed by atoms with Crippen LogP contribution in [-0.4, -0.2) is 61.0 Å². The summed E-state index contributed by atoms with van der Waals surface area (Å²) in [7, 11) is 0. The van der Waals surface area contributed by atoms with Crippen LogP contribution in [0.2, 0.25) is 0 Å². The van der Waals surface area contributed by atoms with E-state index in [9.17, 15) is 4.79 Å². The van der Waals surface area contributed by atoms with Crippen LogP contribution in [0.1, 0.15) is 26.7 Å². The number of rotatable bonds is 2. The molecule has 4 nitrogen and oxygen atoms in total. The van der Waals surface area contributed by atoms with Gasteiger partial charge < -0.3 is 10.2 Å². The maximum absolute atomic E-state index is 12.2. The van der Waals surface area contributed by atoms with Crippen LogP contribution in [0.5, 0.6) is 0 Å². The zero-order chi connectivity index (χ0) is 12.3. The highest BCUT2D eigenvalue weighted by molar-refractivity contribution is 5.85. The first kappa shape index (κ1) is 15.7. The minimum absolute atomic E-state index is 0. The minimum Gasteiger partial charge on any atom is -0.341 e. The normalized spacial score (nSPS) is 29.8. The Bertz CT molecular complexity index is 275. The molecule has 1 amide bonds. The highest BCUT2D eigenvalue weighted by Crippen LogP contribution is 2.16. The number of nitrogens with zero attached hydrogens (tertiary/aromatic N) is 2. The molecule has 2 fully saturated rings. The molecule has 0 spiro atoms. The van der Waals surface area contributed by atoms with E-state index in [1.54, 1.807) is 0 Å². The molecule has 0 aromatic rings. The number of hydrogen-bond acceptors (Lipinski definition) is 3. The van der Waals surface area contributed by atoms with Crippen molar-refractivity contribution in [2.75, 3.05) is 39.3 Å². The van der Waals surface area contributed by atoms with Gasteiger partial charge in [0.1, 0.15) is 0 Å². The predicted octanol–water partition coefficient (Wildman–Crippen LogP) is 0.960. The third kappa shape index (κ3) is 4.11. The van der Waals surface area contributed by atoms with Gasteiger partial charge in [0.05, 0.1) is 6.54 Å². The molecular weight excluding hydrogens is 250 g/mol. The van der Waals surface area contributed by atoms with E-state index in [0.29, 0.717) is 24.4 Å². The first-order chi connectivity index (χ1) is 8.16. The van der Waals surface area contributed by atoms with Gasteiger partial charge in [0, 0.05) is 38.8 Å². The largest absolute Gasteiger partial charge is 0.341 e. The number of likely N-dealkylation sites (tertiary alicyclic amines) is 1. The fraction of sp³-hybridized carbons (Fsp3) is 0.923. The Morgan fingerprint density at radius 2 is 2.11 bits per heavy atom. The van der Waals surface area contributed by atoms with E-state index >= 15 is 0 Å². The van der Waals surface area contributed by atoms with Crippen LogP contribution in [-0.2, 0) is 4.79 Å². The molecule has 0 aliphatic carbocycles. The maximum atomic E-state index is 12.2. The fourth-order valence-electron chi connectivity index (χ4n) is 2.81. The van der Waals surface area contributed by atoms with Gasteiger partial charge in [-0.25, -0.2) is 0 Å². The zero-order valence-corrected chi connectivity index (χ0v) is 12.3. The highest BCUT2D eigenvalue weighted by Gasteiger charge is 2.25. The first-order valence-electron chi connectivity index (χ1n) is 6.89. The molecule has 2 atom stereocenters. The number of carbonyl (C=O) groups excluding carboxylic acids is 1. The number of piperidine rings is 1. The predicted molar refractivity (Wildman–Crippen MR) is 76.1 cm³/mol. The van der Waals surface area contributed by atoms with E-state index in [1.807, 2.05) is 0 Å². The van der Waals surface area contributed by atoms with Gasteiger partial charge in [0.15, 0.2) is 0 Å². The highest BCUT2D eigenvalue weighted by atomic mass is 35.5. The lowest BCUT2D eigenvalue weighted by Crippen LogP contribution is -2.54. The lowest BCUT2D eigenvalue weighted by atomic mass is 10.0. The summed E-state index contributed by atoms with van der Waals surface area (Å²) in [5.41, 5.74) is 0. The van der Waals surface area contributed by atoms with Gasteiger partial charge in [-0.05, 0) is 25.7 Å². The molecule has 2 heterocycles. The Morgan fingerprint density at radius 3 is 2.78 bits per heavy atom. The Hall–Kier alpha value is -0.320. The average molecular weight is 276 g/mol. The number of carbonyl (C=O) groups is 1. The summed E-state index contributed by atoms with van der Waals surface area (Å²) in [5, 5.41) is 3.36. The van der Waals surface area contributed by atoms with Gasteiger partial charge in [-0.2, -0.15) is 0 Å². The van der Waals surface area contributed by atoms with Crippen LogP contribution in [0.25, 0.3) is 0 Å². The molecule has 2 rings (SSSR count). The summed E-state index contributed by atoms with van der Waals surface area (Å²) in [6.07, 6.45) is 2.44. The quantitative estimate of drug-likeness (QED) is 0.816. The van der Waals surface area contributed by atoms with Crippen molar-refractivity contribution in [3.8, 4) is 0 Å². The molecule has 0 saturated carbocycles. The molecule has 2 aliphatic heterocycles. The molecule has 106 valence electrons. The van der Waals surface area contributed by atoms with Crippen LogP contribution in [0.4, 0.5) is 0 Å². The summed E-state index contributed by atoms with van der Waals surface area (Å²) in [5.74, 6) is 0.999. The van der Waals surface area contributed by atoms with Crippen LogP contribution in [0, 0.1) is 5.92 Å². The Kier molecular flexibility index (Phi) is 6.39. The summed E-state index contributed by atoms with van der Waals surface area (Å²) < 4.78 is 0. The third-order valence-corrected chi connectivity index (χ3v) is 3.99. The van der Waals surface area contributed by atoms with Crippen molar-refractivity contribution in [2.24, 2.45) is 5.92 Å². The van der Waals surface area contributed by atoms with Gasteiger partial charge in [0.2, 0.25) is 5.91 Å². The second-order valence-corrected chi connectivity index (χ2v) is 5.61. The zero-order valence-electron chi connectivity index (χ0n) is 11.5. The van der Waals surface area contributed by atoms with E-state index in [0.717, 1.165) is 32.7 Å². The van der Waals surface area contributed by atoms with Crippen LogP contribution < -0.4 is 5.32 Å². The first-order valence-corrected chi connectivity index (χ1v) is 6.89. The maximum Gasteiger partial charge on any atom is 0.236 e. The Morgan fingerprint density at radius 1 is 1.33 bits per heavy atom. The molecule has 0 bridgehead atoms. The molecule has 1 N–H and O–H groups in total. The average Bonchev–Trinajstić information content (AvgIpc) is 2.32. The van der Waals surface area contributed by atoms with Gasteiger partial charge in [-0.15, -0.1) is 12.4 Å². The van der Waals surface area contributed by atoms with Gasteiger partial charge >= 0.3 is 0 Å².